The minimum absolute atomic E-state index is 0.119. The van der Waals surface area contributed by atoms with Crippen LogP contribution in [0.5, 0.6) is 0 Å². The van der Waals surface area contributed by atoms with Crippen LogP contribution in [0.1, 0.15) is 64.9 Å². The summed E-state index contributed by atoms with van der Waals surface area (Å²) in [7, 11) is -9.32. The molecular weight excluding hydrogens is 674 g/mol. The third kappa shape index (κ3) is 10.3. The summed E-state index contributed by atoms with van der Waals surface area (Å²) in [4.78, 5) is 37.4. The Labute approximate surface area is 248 Å². The second-order valence-corrected chi connectivity index (χ2v) is 27.9. The van der Waals surface area contributed by atoms with E-state index in [2.05, 4.69) is 20.8 Å². The molecule has 0 saturated heterocycles. The number of nitro groups is 1. The van der Waals surface area contributed by atoms with E-state index in [4.69, 9.17) is 4.84 Å². The molecule has 0 amide bonds. The number of hydrogen-bond donors (Lipinski definition) is 2. The summed E-state index contributed by atoms with van der Waals surface area (Å²) in [6.07, 6.45) is 6.60. The Morgan fingerprint density at radius 1 is 0.951 bits per heavy atom. The molecule has 2 aromatic carbocycles. The zero-order chi connectivity index (χ0) is 30.5. The average molecular weight is 717 g/mol. The van der Waals surface area contributed by atoms with Crippen LogP contribution in [-0.4, -0.2) is 52.5 Å². The van der Waals surface area contributed by atoms with Crippen molar-refractivity contribution in [2.24, 2.45) is 0 Å². The molecule has 0 aliphatic rings. The standard InChI is InChI=1S/C16H16N2O8PS.3C4H9.Sn/c19-18(20)15-9-4-5-10-16(15)28(24,25)17(11-6-12-27(21,22)23)26-13-14-7-2-1-3-8-14;3*1-3-4-2;/h1-10H,11,13H2,(H2,21,22,23);3*1,3-4H2,2H3;. The first kappa shape index (κ1) is 35.6. The van der Waals surface area contributed by atoms with Gasteiger partial charge in [0.1, 0.15) is 0 Å². The predicted molar refractivity (Wildman–Crippen MR) is 163 cm³/mol. The zero-order valence-corrected chi connectivity index (χ0v) is 28.7. The predicted octanol–water partition coefficient (Wildman–Crippen LogP) is 7.17. The molecule has 13 heteroatoms. The van der Waals surface area contributed by atoms with Crippen molar-refractivity contribution in [1.29, 1.82) is 0 Å². The number of para-hydroxylation sites is 1. The molecular formula is C28H43N2O8PSSn. The number of nitrogens with zero attached hydrogens (tertiary/aromatic N) is 2. The van der Waals surface area contributed by atoms with Crippen molar-refractivity contribution in [3.63, 3.8) is 0 Å². The molecule has 0 aliphatic heterocycles. The Hall–Kier alpha value is -1.60. The van der Waals surface area contributed by atoms with E-state index in [0.29, 0.717) is 10.0 Å². The summed E-state index contributed by atoms with van der Waals surface area (Å²) in [5.41, 5.74) is 0.0548. The third-order valence-corrected chi connectivity index (χ3v) is 30.2. The first-order valence-electron chi connectivity index (χ1n) is 14.1. The van der Waals surface area contributed by atoms with Gasteiger partial charge in [-0.15, -0.1) is 0 Å². The van der Waals surface area contributed by atoms with Gasteiger partial charge in [0.25, 0.3) is 0 Å². The van der Waals surface area contributed by atoms with Crippen LogP contribution in [0, 0.1) is 10.1 Å². The van der Waals surface area contributed by atoms with E-state index in [-0.39, 0.29) is 9.94 Å². The SMILES string of the molecule is CCC[CH2][Sn]([CH2]CCC)([CH2]CCC)/[C](=C/CN(OCc1ccccc1)S(=O)(=O)c1ccccc1[N+](=O)[O-])P(=O)(O)O. The van der Waals surface area contributed by atoms with E-state index in [1.165, 1.54) is 18.2 Å². The van der Waals surface area contributed by atoms with Gasteiger partial charge in [-0.2, -0.15) is 0 Å². The first-order chi connectivity index (χ1) is 19.4. The fourth-order valence-corrected chi connectivity index (χ4v) is 29.5. The molecule has 10 nitrogen and oxygen atoms in total. The van der Waals surface area contributed by atoms with E-state index < -0.39 is 58.0 Å². The molecule has 0 fully saturated rings. The number of benzene rings is 2. The van der Waals surface area contributed by atoms with Crippen LogP contribution in [0.4, 0.5) is 5.69 Å². The molecule has 0 aliphatic carbocycles. The van der Waals surface area contributed by atoms with Crippen molar-refractivity contribution in [3.8, 4) is 0 Å². The first-order valence-corrected chi connectivity index (χ1v) is 24.7. The number of hydroxylamine groups is 1. The number of rotatable bonds is 19. The quantitative estimate of drug-likeness (QED) is 0.0673. The summed E-state index contributed by atoms with van der Waals surface area (Å²) in [6.45, 7) is 5.52. The second-order valence-electron chi connectivity index (χ2n) is 10.2. The monoisotopic (exact) mass is 718 g/mol. The Morgan fingerprint density at radius 3 is 1.95 bits per heavy atom. The molecule has 0 unspecified atom stereocenters. The molecule has 2 aromatic rings. The van der Waals surface area contributed by atoms with Crippen LogP contribution in [0.15, 0.2) is 68.9 Å². The zero-order valence-electron chi connectivity index (χ0n) is 24.1. The van der Waals surface area contributed by atoms with Gasteiger partial charge in [0.05, 0.1) is 0 Å². The van der Waals surface area contributed by atoms with Gasteiger partial charge < -0.3 is 0 Å². The van der Waals surface area contributed by atoms with Crippen LogP contribution in [-0.2, 0) is 26.0 Å². The van der Waals surface area contributed by atoms with Gasteiger partial charge in [0.2, 0.25) is 0 Å². The van der Waals surface area contributed by atoms with Crippen LogP contribution in [0.25, 0.3) is 0 Å². The van der Waals surface area contributed by atoms with Crippen molar-refractivity contribution in [1.82, 2.24) is 4.47 Å². The van der Waals surface area contributed by atoms with Crippen molar-refractivity contribution in [2.45, 2.75) is 84.1 Å². The maximum absolute atomic E-state index is 13.8. The number of nitro benzene ring substituents is 1. The van der Waals surface area contributed by atoms with E-state index in [1.807, 2.05) is 0 Å². The van der Waals surface area contributed by atoms with Gasteiger partial charge in [-0.25, -0.2) is 0 Å². The molecule has 0 heterocycles. The Morgan fingerprint density at radius 2 is 1.46 bits per heavy atom. The Kier molecular flexibility index (Phi) is 14.7. The fourth-order valence-electron chi connectivity index (χ4n) is 4.99. The molecule has 228 valence electrons. The summed E-state index contributed by atoms with van der Waals surface area (Å²) in [5, 5.41) is 11.7. The summed E-state index contributed by atoms with van der Waals surface area (Å²) in [5.74, 6) is 0. The van der Waals surface area contributed by atoms with Crippen molar-refractivity contribution < 1.29 is 32.5 Å². The average Bonchev–Trinajstić information content (AvgIpc) is 2.94. The molecule has 0 radical (unpaired) electrons. The van der Waals surface area contributed by atoms with Crippen molar-refractivity contribution in [3.05, 3.63) is 79.7 Å². The van der Waals surface area contributed by atoms with Gasteiger partial charge >= 0.3 is 249 Å². The summed E-state index contributed by atoms with van der Waals surface area (Å²) < 4.78 is 43.8. The molecule has 0 atom stereocenters. The van der Waals surface area contributed by atoms with Crippen molar-refractivity contribution in [2.75, 3.05) is 6.54 Å². The molecule has 0 saturated carbocycles. The Bertz CT molecular complexity index is 1280. The van der Waals surface area contributed by atoms with E-state index in [9.17, 15) is 32.9 Å². The van der Waals surface area contributed by atoms with Gasteiger partial charge in [-0.3, -0.25) is 0 Å². The molecule has 2 N–H and O–H groups in total. The van der Waals surface area contributed by atoms with Crippen molar-refractivity contribution >= 4 is 41.7 Å². The number of unbranched alkanes of at least 4 members (excludes halogenated alkanes) is 3. The third-order valence-electron chi connectivity index (χ3n) is 7.14. The molecule has 2 rings (SSSR count). The van der Waals surface area contributed by atoms with Crippen LogP contribution in [0.2, 0.25) is 13.3 Å². The number of sulfonamides is 1. The van der Waals surface area contributed by atoms with Crippen LogP contribution in [0.3, 0.4) is 0 Å². The Balaban J connectivity index is 2.67. The van der Waals surface area contributed by atoms with Gasteiger partial charge in [0.15, 0.2) is 0 Å². The van der Waals surface area contributed by atoms with E-state index in [1.54, 1.807) is 30.3 Å². The van der Waals surface area contributed by atoms with Gasteiger partial charge in [-0.1, -0.05) is 0 Å². The van der Waals surface area contributed by atoms with Gasteiger partial charge in [-0.05, 0) is 0 Å². The molecule has 0 bridgehead atoms. The minimum atomic E-state index is -4.73. The topological polar surface area (TPSA) is 147 Å². The van der Waals surface area contributed by atoms with Gasteiger partial charge in [0, 0.05) is 0 Å². The maximum atomic E-state index is 13.8. The van der Waals surface area contributed by atoms with Crippen LogP contribution >= 0.6 is 7.60 Å². The molecule has 0 spiro atoms. The molecule has 41 heavy (non-hydrogen) atoms. The second kappa shape index (κ2) is 16.9. The van der Waals surface area contributed by atoms with E-state index in [0.717, 1.165) is 64.0 Å². The number of hydrogen-bond acceptors (Lipinski definition) is 6. The summed E-state index contributed by atoms with van der Waals surface area (Å²) >= 11 is -3.71. The molecule has 0 aromatic heterocycles. The normalized spacial score (nSPS) is 13.1. The summed E-state index contributed by atoms with van der Waals surface area (Å²) in [6, 6.07) is 13.8. The van der Waals surface area contributed by atoms with Crippen LogP contribution < -0.4 is 0 Å². The fraction of sp³-hybridized carbons (Fsp3) is 0.500. The van der Waals surface area contributed by atoms with E-state index >= 15 is 0 Å².